The fraction of sp³-hybridized carbons (Fsp3) is 0.300. The number of hydrogen-bond acceptors (Lipinski definition) is 5. The minimum Gasteiger partial charge on any atom is -0.341 e. The number of amides is 1. The van der Waals surface area contributed by atoms with E-state index in [1.165, 1.54) is 17.3 Å². The van der Waals surface area contributed by atoms with Crippen LogP contribution in [0, 0.1) is 6.92 Å². The Morgan fingerprint density at radius 1 is 1.11 bits per heavy atom. The van der Waals surface area contributed by atoms with Gasteiger partial charge in [-0.15, -0.1) is 10.2 Å². The third-order valence-corrected chi connectivity index (χ3v) is 5.21. The first-order valence-corrected chi connectivity index (χ1v) is 9.83. The highest BCUT2D eigenvalue weighted by molar-refractivity contribution is 7.99. The van der Waals surface area contributed by atoms with Gasteiger partial charge in [-0.05, 0) is 31.5 Å². The van der Waals surface area contributed by atoms with Gasteiger partial charge in [0.1, 0.15) is 0 Å². The van der Waals surface area contributed by atoms with E-state index in [0.717, 1.165) is 28.7 Å². The first-order valence-electron chi connectivity index (χ1n) is 8.84. The first kappa shape index (κ1) is 19.1. The summed E-state index contributed by atoms with van der Waals surface area (Å²) in [6, 6.07) is 12.1. The van der Waals surface area contributed by atoms with Crippen LogP contribution >= 0.6 is 11.8 Å². The van der Waals surface area contributed by atoms with Gasteiger partial charge in [0.15, 0.2) is 11.0 Å². The van der Waals surface area contributed by atoms with Crippen molar-refractivity contribution in [1.29, 1.82) is 0 Å². The first-order chi connectivity index (χ1) is 13.1. The Bertz CT molecular complexity index is 892. The number of nitrogens with zero attached hydrogens (tertiary/aromatic N) is 5. The van der Waals surface area contributed by atoms with Crippen molar-refractivity contribution < 1.29 is 4.79 Å². The minimum atomic E-state index is 0.0664. The molecule has 0 saturated heterocycles. The quantitative estimate of drug-likeness (QED) is 0.587. The van der Waals surface area contributed by atoms with Gasteiger partial charge in [0, 0.05) is 38.1 Å². The molecule has 0 bridgehead atoms. The highest BCUT2D eigenvalue weighted by Crippen LogP contribution is 2.23. The number of hydrogen-bond donors (Lipinski definition) is 0. The van der Waals surface area contributed by atoms with Gasteiger partial charge in [-0.2, -0.15) is 0 Å². The Morgan fingerprint density at radius 2 is 1.81 bits per heavy atom. The maximum atomic E-state index is 12.5. The lowest BCUT2D eigenvalue weighted by atomic mass is 10.1. The zero-order chi connectivity index (χ0) is 19.2. The maximum Gasteiger partial charge on any atom is 0.233 e. The molecule has 7 heteroatoms. The molecule has 0 unspecified atom stereocenters. The Labute approximate surface area is 163 Å². The van der Waals surface area contributed by atoms with E-state index in [9.17, 15) is 4.79 Å². The lowest BCUT2D eigenvalue weighted by Crippen LogP contribution is -2.27. The van der Waals surface area contributed by atoms with Crippen molar-refractivity contribution in [3.05, 3.63) is 59.9 Å². The van der Waals surface area contributed by atoms with Crippen LogP contribution in [0.5, 0.6) is 0 Å². The zero-order valence-corrected chi connectivity index (χ0v) is 16.6. The zero-order valence-electron chi connectivity index (χ0n) is 15.8. The predicted molar refractivity (Wildman–Crippen MR) is 107 cm³/mol. The molecule has 1 aromatic carbocycles. The lowest BCUT2D eigenvalue weighted by Gasteiger charge is -2.17. The average Bonchev–Trinajstić information content (AvgIpc) is 3.11. The summed E-state index contributed by atoms with van der Waals surface area (Å²) in [4.78, 5) is 18.3. The molecule has 0 fully saturated rings. The maximum absolute atomic E-state index is 12.5. The number of pyridine rings is 1. The molecule has 1 amide bonds. The Kier molecular flexibility index (Phi) is 6.24. The number of carbonyl (C=O) groups excluding carboxylic acids is 1. The van der Waals surface area contributed by atoms with Crippen molar-refractivity contribution in [2.75, 3.05) is 12.8 Å². The van der Waals surface area contributed by atoms with Crippen LogP contribution in [-0.4, -0.2) is 43.4 Å². The van der Waals surface area contributed by atoms with Gasteiger partial charge in [-0.25, -0.2) is 0 Å². The molecule has 2 heterocycles. The molecule has 0 saturated carbocycles. The van der Waals surface area contributed by atoms with E-state index in [2.05, 4.69) is 46.4 Å². The summed E-state index contributed by atoms with van der Waals surface area (Å²) < 4.78 is 2.02. The standard InChI is InChI=1S/C20H23N5OS/c1-4-25-19(17-9-11-21-12-10-17)22-23-20(25)27-14-18(26)24(3)13-16-7-5-15(2)6-8-16/h5-12H,4,13-14H2,1-3H3. The van der Waals surface area contributed by atoms with E-state index in [4.69, 9.17) is 0 Å². The fourth-order valence-corrected chi connectivity index (χ4v) is 3.63. The van der Waals surface area contributed by atoms with Crippen molar-refractivity contribution in [3.8, 4) is 11.4 Å². The molecule has 0 aliphatic rings. The van der Waals surface area contributed by atoms with E-state index in [0.29, 0.717) is 12.3 Å². The smallest absolute Gasteiger partial charge is 0.233 e. The van der Waals surface area contributed by atoms with Crippen molar-refractivity contribution in [2.45, 2.75) is 32.1 Å². The van der Waals surface area contributed by atoms with E-state index in [1.54, 1.807) is 17.3 Å². The Balaban J connectivity index is 1.63. The van der Waals surface area contributed by atoms with Gasteiger partial charge in [-0.1, -0.05) is 41.6 Å². The molecule has 3 aromatic rings. The van der Waals surface area contributed by atoms with Crippen LogP contribution in [0.4, 0.5) is 0 Å². The molecule has 3 rings (SSSR count). The molecule has 0 radical (unpaired) electrons. The van der Waals surface area contributed by atoms with Crippen LogP contribution in [0.25, 0.3) is 11.4 Å². The molecule has 0 atom stereocenters. The van der Waals surface area contributed by atoms with Crippen LogP contribution in [0.3, 0.4) is 0 Å². The van der Waals surface area contributed by atoms with E-state index in [1.807, 2.05) is 30.7 Å². The van der Waals surface area contributed by atoms with Crippen molar-refractivity contribution in [2.24, 2.45) is 0 Å². The van der Waals surface area contributed by atoms with E-state index in [-0.39, 0.29) is 5.91 Å². The number of rotatable bonds is 7. The molecule has 27 heavy (non-hydrogen) atoms. The molecule has 140 valence electrons. The second-order valence-corrected chi connectivity index (χ2v) is 7.25. The van der Waals surface area contributed by atoms with Crippen molar-refractivity contribution in [1.82, 2.24) is 24.6 Å². The normalized spacial score (nSPS) is 10.8. The van der Waals surface area contributed by atoms with Crippen LogP contribution in [0.2, 0.25) is 0 Å². The number of thioether (sulfide) groups is 1. The topological polar surface area (TPSA) is 63.9 Å². The van der Waals surface area contributed by atoms with E-state index >= 15 is 0 Å². The number of carbonyl (C=O) groups is 1. The van der Waals surface area contributed by atoms with Gasteiger partial charge < -0.3 is 9.47 Å². The number of benzene rings is 1. The second-order valence-electron chi connectivity index (χ2n) is 6.31. The number of aromatic nitrogens is 4. The summed E-state index contributed by atoms with van der Waals surface area (Å²) in [6.45, 7) is 5.44. The second kappa shape index (κ2) is 8.81. The monoisotopic (exact) mass is 381 g/mol. The summed E-state index contributed by atoms with van der Waals surface area (Å²) in [6.07, 6.45) is 3.47. The molecule has 0 spiro atoms. The van der Waals surface area contributed by atoms with Crippen LogP contribution in [0.1, 0.15) is 18.1 Å². The van der Waals surface area contributed by atoms with Gasteiger partial charge in [0.2, 0.25) is 5.91 Å². The van der Waals surface area contributed by atoms with Crippen LogP contribution in [0.15, 0.2) is 53.9 Å². The molecule has 2 aromatic heterocycles. The summed E-state index contributed by atoms with van der Waals surface area (Å²) >= 11 is 1.42. The van der Waals surface area contributed by atoms with Crippen molar-refractivity contribution in [3.63, 3.8) is 0 Å². The third kappa shape index (κ3) is 4.74. The molecular weight excluding hydrogens is 358 g/mol. The largest absolute Gasteiger partial charge is 0.341 e. The summed E-state index contributed by atoms with van der Waals surface area (Å²) in [7, 11) is 1.83. The lowest BCUT2D eigenvalue weighted by molar-refractivity contribution is -0.127. The summed E-state index contributed by atoms with van der Waals surface area (Å²) in [5, 5.41) is 9.32. The van der Waals surface area contributed by atoms with Gasteiger partial charge in [-0.3, -0.25) is 9.78 Å². The summed E-state index contributed by atoms with van der Waals surface area (Å²) in [5.41, 5.74) is 3.30. The van der Waals surface area contributed by atoms with Crippen molar-refractivity contribution >= 4 is 17.7 Å². The molecule has 0 aliphatic carbocycles. The highest BCUT2D eigenvalue weighted by Gasteiger charge is 2.16. The molecule has 6 nitrogen and oxygen atoms in total. The van der Waals surface area contributed by atoms with Gasteiger partial charge in [0.05, 0.1) is 5.75 Å². The van der Waals surface area contributed by atoms with Gasteiger partial charge >= 0.3 is 0 Å². The van der Waals surface area contributed by atoms with Gasteiger partial charge in [0.25, 0.3) is 0 Å². The SMILES string of the molecule is CCn1c(SCC(=O)N(C)Cc2ccc(C)cc2)nnc1-c1ccncc1. The fourth-order valence-electron chi connectivity index (χ4n) is 2.69. The minimum absolute atomic E-state index is 0.0664. The molecule has 0 N–H and O–H groups in total. The third-order valence-electron chi connectivity index (χ3n) is 4.26. The average molecular weight is 382 g/mol. The highest BCUT2D eigenvalue weighted by atomic mass is 32.2. The Hall–Kier alpha value is -2.67. The Morgan fingerprint density at radius 3 is 2.48 bits per heavy atom. The number of aryl methyl sites for hydroxylation is 1. The predicted octanol–water partition coefficient (Wildman–Crippen LogP) is 3.42. The van der Waals surface area contributed by atoms with E-state index < -0.39 is 0 Å². The summed E-state index contributed by atoms with van der Waals surface area (Å²) in [5.74, 6) is 1.19. The van der Waals surface area contributed by atoms with Crippen LogP contribution < -0.4 is 0 Å². The molecular formula is C20H23N5OS. The van der Waals surface area contributed by atoms with Crippen LogP contribution in [-0.2, 0) is 17.9 Å². The molecule has 0 aliphatic heterocycles.